The standard InChI is InChI=1S/C17H16F3N3O2S/c1-10-3-8-14(11(2)9-10)15(24)22-23-16(26)21-12-4-6-13(7-5-12)25-17(18,19)20/h3-9H,1-2H3,(H,22,24)(H2,21,23,26). The van der Waals surface area contributed by atoms with Crippen LogP contribution in [0.25, 0.3) is 0 Å². The molecule has 0 unspecified atom stereocenters. The van der Waals surface area contributed by atoms with Crippen molar-refractivity contribution in [2.24, 2.45) is 0 Å². The SMILES string of the molecule is Cc1ccc(C(=O)NNC(=S)Nc2ccc(OC(F)(F)F)cc2)c(C)c1. The third kappa shape index (κ3) is 5.92. The van der Waals surface area contributed by atoms with Gasteiger partial charge in [-0.15, -0.1) is 13.2 Å². The van der Waals surface area contributed by atoms with Crippen LogP contribution in [-0.4, -0.2) is 17.4 Å². The molecule has 0 aliphatic rings. The third-order valence-electron chi connectivity index (χ3n) is 3.26. The van der Waals surface area contributed by atoms with Gasteiger partial charge in [-0.25, -0.2) is 0 Å². The zero-order valence-electron chi connectivity index (χ0n) is 13.9. The second kappa shape index (κ2) is 8.05. The average molecular weight is 383 g/mol. The first-order valence-corrected chi connectivity index (χ1v) is 7.85. The first-order valence-electron chi connectivity index (χ1n) is 7.44. The number of carbonyl (C=O) groups excluding carboxylic acids is 1. The Hall–Kier alpha value is -2.81. The number of thiocarbonyl (C=S) groups is 1. The van der Waals surface area contributed by atoms with Gasteiger partial charge in [-0.1, -0.05) is 17.7 Å². The predicted molar refractivity (Wildman–Crippen MR) is 95.9 cm³/mol. The van der Waals surface area contributed by atoms with Gasteiger partial charge in [-0.2, -0.15) is 0 Å². The summed E-state index contributed by atoms with van der Waals surface area (Å²) in [7, 11) is 0. The molecular formula is C17H16F3N3O2S. The Morgan fingerprint density at radius 1 is 1.04 bits per heavy atom. The van der Waals surface area contributed by atoms with E-state index in [4.69, 9.17) is 12.2 Å². The number of alkyl halides is 3. The van der Waals surface area contributed by atoms with Crippen molar-refractivity contribution in [1.29, 1.82) is 0 Å². The van der Waals surface area contributed by atoms with Gasteiger partial charge in [-0.3, -0.25) is 15.6 Å². The Balaban J connectivity index is 1.87. The molecule has 2 rings (SSSR count). The number of aryl methyl sites for hydroxylation is 2. The van der Waals surface area contributed by atoms with Gasteiger partial charge in [0.15, 0.2) is 5.11 Å². The molecule has 0 spiro atoms. The molecule has 0 aliphatic heterocycles. The number of rotatable bonds is 3. The van der Waals surface area contributed by atoms with Gasteiger partial charge in [0.25, 0.3) is 5.91 Å². The van der Waals surface area contributed by atoms with E-state index in [2.05, 4.69) is 20.9 Å². The highest BCUT2D eigenvalue weighted by Gasteiger charge is 2.30. The summed E-state index contributed by atoms with van der Waals surface area (Å²) in [5, 5.41) is 2.81. The van der Waals surface area contributed by atoms with Crippen LogP contribution in [0.5, 0.6) is 5.75 Å². The molecule has 0 fully saturated rings. The molecule has 0 aromatic heterocycles. The average Bonchev–Trinajstić information content (AvgIpc) is 2.53. The number of nitrogens with one attached hydrogen (secondary N) is 3. The van der Waals surface area contributed by atoms with Crippen molar-refractivity contribution in [2.45, 2.75) is 20.2 Å². The second-order valence-corrected chi connectivity index (χ2v) is 5.83. The molecule has 9 heteroatoms. The van der Waals surface area contributed by atoms with Crippen molar-refractivity contribution < 1.29 is 22.7 Å². The monoisotopic (exact) mass is 383 g/mol. The van der Waals surface area contributed by atoms with Gasteiger partial charge in [0.2, 0.25) is 0 Å². The van der Waals surface area contributed by atoms with E-state index in [-0.39, 0.29) is 16.8 Å². The highest BCUT2D eigenvalue weighted by molar-refractivity contribution is 7.80. The zero-order chi connectivity index (χ0) is 19.3. The Morgan fingerprint density at radius 3 is 2.27 bits per heavy atom. The van der Waals surface area contributed by atoms with Crippen LogP contribution in [-0.2, 0) is 0 Å². The van der Waals surface area contributed by atoms with E-state index in [1.54, 1.807) is 6.07 Å². The molecule has 0 radical (unpaired) electrons. The maximum absolute atomic E-state index is 12.1. The second-order valence-electron chi connectivity index (χ2n) is 5.42. The van der Waals surface area contributed by atoms with E-state index in [0.29, 0.717) is 11.3 Å². The molecule has 0 bridgehead atoms. The fourth-order valence-corrected chi connectivity index (χ4v) is 2.32. The van der Waals surface area contributed by atoms with Gasteiger partial charge < -0.3 is 10.1 Å². The maximum Gasteiger partial charge on any atom is 0.573 e. The first-order chi connectivity index (χ1) is 12.1. The summed E-state index contributed by atoms with van der Waals surface area (Å²) in [6, 6.07) is 10.4. The lowest BCUT2D eigenvalue weighted by Crippen LogP contribution is -2.43. The number of benzene rings is 2. The van der Waals surface area contributed by atoms with E-state index < -0.39 is 6.36 Å². The van der Waals surface area contributed by atoms with E-state index in [9.17, 15) is 18.0 Å². The van der Waals surface area contributed by atoms with Crippen molar-refractivity contribution in [2.75, 3.05) is 5.32 Å². The molecule has 138 valence electrons. The number of amides is 1. The van der Waals surface area contributed by atoms with E-state index in [0.717, 1.165) is 23.3 Å². The smallest absolute Gasteiger partial charge is 0.406 e. The van der Waals surface area contributed by atoms with Crippen LogP contribution >= 0.6 is 12.2 Å². The fourth-order valence-electron chi connectivity index (χ4n) is 2.15. The number of carbonyl (C=O) groups is 1. The minimum atomic E-state index is -4.75. The number of hydrazine groups is 1. The quantitative estimate of drug-likeness (QED) is 0.555. The topological polar surface area (TPSA) is 62.4 Å². The molecule has 0 heterocycles. The van der Waals surface area contributed by atoms with Crippen LogP contribution in [0.1, 0.15) is 21.5 Å². The van der Waals surface area contributed by atoms with Gasteiger partial charge >= 0.3 is 6.36 Å². The predicted octanol–water partition coefficient (Wildman–Crippen LogP) is 3.83. The highest BCUT2D eigenvalue weighted by atomic mass is 32.1. The molecule has 2 aromatic rings. The molecule has 0 saturated carbocycles. The number of anilines is 1. The summed E-state index contributed by atoms with van der Waals surface area (Å²) in [5.74, 6) is -0.703. The molecule has 0 atom stereocenters. The minimum absolute atomic E-state index is 0.0765. The van der Waals surface area contributed by atoms with Crippen LogP contribution in [0.4, 0.5) is 18.9 Å². The van der Waals surface area contributed by atoms with Gasteiger partial charge in [0.1, 0.15) is 5.75 Å². The molecule has 1 amide bonds. The Bertz CT molecular complexity index is 808. The summed E-state index contributed by atoms with van der Waals surface area (Å²) in [5.41, 5.74) is 7.78. The lowest BCUT2D eigenvalue weighted by Gasteiger charge is -2.13. The molecular weight excluding hydrogens is 367 g/mol. The van der Waals surface area contributed by atoms with Crippen molar-refractivity contribution >= 4 is 28.9 Å². The number of hydrogen-bond acceptors (Lipinski definition) is 3. The zero-order valence-corrected chi connectivity index (χ0v) is 14.7. The highest BCUT2D eigenvalue weighted by Crippen LogP contribution is 2.23. The van der Waals surface area contributed by atoms with Gasteiger partial charge in [0, 0.05) is 11.3 Å². The van der Waals surface area contributed by atoms with E-state index >= 15 is 0 Å². The number of halogens is 3. The van der Waals surface area contributed by atoms with Crippen molar-refractivity contribution in [3.63, 3.8) is 0 Å². The minimum Gasteiger partial charge on any atom is -0.406 e. The number of ether oxygens (including phenoxy) is 1. The van der Waals surface area contributed by atoms with Crippen LogP contribution in [0.15, 0.2) is 42.5 Å². The molecule has 26 heavy (non-hydrogen) atoms. The lowest BCUT2D eigenvalue weighted by atomic mass is 10.1. The van der Waals surface area contributed by atoms with Crippen LogP contribution < -0.4 is 20.9 Å². The largest absolute Gasteiger partial charge is 0.573 e. The molecule has 2 aromatic carbocycles. The first kappa shape index (κ1) is 19.5. The fraction of sp³-hybridized carbons (Fsp3) is 0.176. The summed E-state index contributed by atoms with van der Waals surface area (Å²) < 4.78 is 40.1. The van der Waals surface area contributed by atoms with Crippen molar-refractivity contribution in [1.82, 2.24) is 10.9 Å². The van der Waals surface area contributed by atoms with E-state index in [1.807, 2.05) is 26.0 Å². The van der Waals surface area contributed by atoms with Crippen molar-refractivity contribution in [3.05, 3.63) is 59.2 Å². The summed E-state index contributed by atoms with van der Waals surface area (Å²) in [4.78, 5) is 12.1. The van der Waals surface area contributed by atoms with Gasteiger partial charge in [-0.05, 0) is 62.0 Å². The van der Waals surface area contributed by atoms with Gasteiger partial charge in [0.05, 0.1) is 0 Å². The molecule has 0 aliphatic carbocycles. The van der Waals surface area contributed by atoms with E-state index in [1.165, 1.54) is 12.1 Å². The third-order valence-corrected chi connectivity index (χ3v) is 3.47. The summed E-state index contributed by atoms with van der Waals surface area (Å²) >= 11 is 5.03. The summed E-state index contributed by atoms with van der Waals surface area (Å²) in [6.07, 6.45) is -4.75. The Labute approximate surface area is 153 Å². The summed E-state index contributed by atoms with van der Waals surface area (Å²) in [6.45, 7) is 3.75. The van der Waals surface area contributed by atoms with Crippen LogP contribution in [0.2, 0.25) is 0 Å². The van der Waals surface area contributed by atoms with Crippen LogP contribution in [0.3, 0.4) is 0 Å². The number of hydrogen-bond donors (Lipinski definition) is 3. The maximum atomic E-state index is 12.1. The van der Waals surface area contributed by atoms with Crippen molar-refractivity contribution in [3.8, 4) is 5.75 Å². The normalized spacial score (nSPS) is 10.8. The Kier molecular flexibility index (Phi) is 6.04. The Morgan fingerprint density at radius 2 is 1.69 bits per heavy atom. The molecule has 5 nitrogen and oxygen atoms in total. The molecule has 0 saturated heterocycles. The molecule has 3 N–H and O–H groups in total. The lowest BCUT2D eigenvalue weighted by molar-refractivity contribution is -0.274. The van der Waals surface area contributed by atoms with Crippen LogP contribution in [0, 0.1) is 13.8 Å².